The molecule has 0 bridgehead atoms. The second kappa shape index (κ2) is 11.3. The summed E-state index contributed by atoms with van der Waals surface area (Å²) in [5.41, 5.74) is 5.83. The van der Waals surface area contributed by atoms with Crippen molar-refractivity contribution in [3.05, 3.63) is 22.2 Å². The van der Waals surface area contributed by atoms with Crippen LogP contribution in [0.25, 0.3) is 0 Å². The van der Waals surface area contributed by atoms with E-state index in [1.54, 1.807) is 34.1 Å². The van der Waals surface area contributed by atoms with Crippen molar-refractivity contribution >= 4 is 24.3 Å². The molecule has 0 spiro atoms. The average molecular weight is 480 g/mol. The molecule has 10 nitrogen and oxygen atoms in total. The normalized spacial score (nSPS) is 26.0. The zero-order valence-electron chi connectivity index (χ0n) is 18.9. The molecule has 1 aromatic heterocycles. The van der Waals surface area contributed by atoms with E-state index in [1.807, 2.05) is 13.8 Å². The predicted molar refractivity (Wildman–Crippen MR) is 120 cm³/mol. The molecule has 0 aliphatic carbocycles. The summed E-state index contributed by atoms with van der Waals surface area (Å²) in [6, 6.07) is 0. The highest BCUT2D eigenvalue weighted by atomic mass is 32.5. The highest BCUT2D eigenvalue weighted by Crippen LogP contribution is 2.50. The van der Waals surface area contributed by atoms with Crippen LogP contribution in [-0.4, -0.2) is 59.2 Å². The molecular weight excluding hydrogens is 445 g/mol. The van der Waals surface area contributed by atoms with E-state index in [0.717, 1.165) is 0 Å². The molecule has 31 heavy (non-hydrogen) atoms. The zero-order valence-corrected chi connectivity index (χ0v) is 20.6. The summed E-state index contributed by atoms with van der Waals surface area (Å²) in [6.45, 7) is 6.31. The van der Waals surface area contributed by atoms with Gasteiger partial charge in [-0.1, -0.05) is 13.8 Å². The van der Waals surface area contributed by atoms with Crippen LogP contribution in [0.3, 0.4) is 0 Å². The second-order valence-electron chi connectivity index (χ2n) is 8.21. The molecule has 1 aliphatic rings. The van der Waals surface area contributed by atoms with Gasteiger partial charge in [0.15, 0.2) is 6.23 Å². The van der Waals surface area contributed by atoms with Crippen molar-refractivity contribution in [2.75, 3.05) is 26.1 Å². The number of nitrogens with two attached hydrogens (primary N) is 1. The Kier molecular flexibility index (Phi) is 9.59. The van der Waals surface area contributed by atoms with Crippen LogP contribution in [0.5, 0.6) is 0 Å². The molecule has 178 valence electrons. The summed E-state index contributed by atoms with van der Waals surface area (Å²) in [5, 5.41) is 0. The number of anilines is 1. The van der Waals surface area contributed by atoms with E-state index in [9.17, 15) is 9.69 Å². The Morgan fingerprint density at radius 3 is 2.58 bits per heavy atom. The van der Waals surface area contributed by atoms with Crippen LogP contribution in [0.4, 0.5) is 5.82 Å². The van der Waals surface area contributed by atoms with Gasteiger partial charge in [-0.3, -0.25) is 9.09 Å². The SMILES string of the molecule is COCCO[C@H]1C(OP(O)(=S)OC(C)C)[C@@H](CC(C)C)O[C@H]1n1cc(C)c(N)nc1=O. The van der Waals surface area contributed by atoms with Gasteiger partial charge < -0.3 is 29.4 Å². The van der Waals surface area contributed by atoms with Gasteiger partial charge >= 0.3 is 12.4 Å². The van der Waals surface area contributed by atoms with E-state index < -0.39 is 36.9 Å². The van der Waals surface area contributed by atoms with Crippen LogP contribution in [0.1, 0.15) is 45.9 Å². The van der Waals surface area contributed by atoms with Crippen molar-refractivity contribution in [2.45, 2.75) is 71.7 Å². The van der Waals surface area contributed by atoms with E-state index >= 15 is 0 Å². The molecule has 2 unspecified atom stereocenters. The number of aryl methyl sites for hydroxylation is 1. The lowest BCUT2D eigenvalue weighted by Crippen LogP contribution is -2.40. The van der Waals surface area contributed by atoms with E-state index in [1.165, 1.54) is 4.57 Å². The van der Waals surface area contributed by atoms with Crippen LogP contribution in [-0.2, 0) is 35.1 Å². The highest BCUT2D eigenvalue weighted by Gasteiger charge is 2.50. The third-order valence-corrected chi connectivity index (χ3v) is 6.35. The minimum absolute atomic E-state index is 0.152. The van der Waals surface area contributed by atoms with Crippen molar-refractivity contribution in [1.29, 1.82) is 0 Å². The number of ether oxygens (including phenoxy) is 3. The second-order valence-corrected chi connectivity index (χ2v) is 11.0. The van der Waals surface area contributed by atoms with Gasteiger partial charge in [0.1, 0.15) is 18.0 Å². The fraction of sp³-hybridized carbons (Fsp3) is 0.789. The summed E-state index contributed by atoms with van der Waals surface area (Å²) in [6.07, 6.45) is -1.01. The van der Waals surface area contributed by atoms with Gasteiger partial charge in [0.05, 0.1) is 25.4 Å². The molecule has 0 saturated carbocycles. The number of aromatic nitrogens is 2. The topological polar surface area (TPSA) is 127 Å². The summed E-state index contributed by atoms with van der Waals surface area (Å²) < 4.78 is 30.1. The van der Waals surface area contributed by atoms with Gasteiger partial charge in [-0.25, -0.2) is 4.79 Å². The first kappa shape index (κ1) is 26.3. The summed E-state index contributed by atoms with van der Waals surface area (Å²) >= 11 is 5.22. The highest BCUT2D eigenvalue weighted by molar-refractivity contribution is 8.07. The van der Waals surface area contributed by atoms with Crippen molar-refractivity contribution in [1.82, 2.24) is 9.55 Å². The molecule has 12 heteroatoms. The molecule has 1 saturated heterocycles. The molecule has 0 amide bonds. The molecule has 1 aromatic rings. The number of nitrogen functional groups attached to an aromatic ring is 1. The smallest absolute Gasteiger partial charge is 0.351 e. The number of hydrogen-bond acceptors (Lipinski definition) is 9. The molecule has 2 heterocycles. The van der Waals surface area contributed by atoms with Gasteiger partial charge in [0.25, 0.3) is 0 Å². The largest absolute Gasteiger partial charge is 0.383 e. The van der Waals surface area contributed by atoms with E-state index in [0.29, 0.717) is 18.6 Å². The number of nitrogens with zero attached hydrogens (tertiary/aromatic N) is 2. The van der Waals surface area contributed by atoms with Gasteiger partial charge in [-0.2, -0.15) is 4.98 Å². The zero-order chi connectivity index (χ0) is 23.3. The van der Waals surface area contributed by atoms with Gasteiger partial charge in [-0.15, -0.1) is 0 Å². The Morgan fingerprint density at radius 2 is 2.00 bits per heavy atom. The van der Waals surface area contributed by atoms with Crippen LogP contribution < -0.4 is 11.4 Å². The van der Waals surface area contributed by atoms with E-state index in [-0.39, 0.29) is 24.4 Å². The summed E-state index contributed by atoms with van der Waals surface area (Å²) in [4.78, 5) is 27.1. The van der Waals surface area contributed by atoms with Gasteiger partial charge in [0, 0.05) is 18.9 Å². The van der Waals surface area contributed by atoms with Crippen molar-refractivity contribution in [3.63, 3.8) is 0 Å². The quantitative estimate of drug-likeness (QED) is 0.360. The first-order chi connectivity index (χ1) is 14.4. The Labute approximate surface area is 188 Å². The minimum Gasteiger partial charge on any atom is -0.383 e. The fourth-order valence-electron chi connectivity index (χ4n) is 3.36. The standard InChI is InChI=1S/C19H34N3O7PS/c1-11(2)9-14-15(29-30(24,31)28-12(3)4)16(26-8-7-25-6)18(27-14)22-10-13(5)17(20)21-19(22)23/h10-12,14-16,18H,7-9H2,1-6H3,(H,24,31)(H2,20,21,23)/t14-,15?,16+,18-,30?/m1/s1. The molecule has 3 N–H and O–H groups in total. The average Bonchev–Trinajstić information content (AvgIpc) is 2.93. The molecule has 0 aromatic carbocycles. The van der Waals surface area contributed by atoms with Gasteiger partial charge in [-0.05, 0) is 44.9 Å². The van der Waals surface area contributed by atoms with Gasteiger partial charge in [0.2, 0.25) is 0 Å². The summed E-state index contributed by atoms with van der Waals surface area (Å²) in [5.74, 6) is 0.402. The Morgan fingerprint density at radius 1 is 1.32 bits per heavy atom. The maximum atomic E-state index is 12.6. The fourth-order valence-corrected chi connectivity index (χ4v) is 5.33. The van der Waals surface area contributed by atoms with E-state index in [2.05, 4.69) is 4.98 Å². The number of methoxy groups -OCH3 is 1. The minimum atomic E-state index is -3.58. The Bertz CT molecular complexity index is 835. The third-order valence-electron chi connectivity index (χ3n) is 4.63. The monoisotopic (exact) mass is 479 g/mol. The Hall–Kier alpha value is -0.910. The maximum Gasteiger partial charge on any atom is 0.351 e. The first-order valence-electron chi connectivity index (χ1n) is 10.3. The van der Waals surface area contributed by atoms with Crippen LogP contribution in [0.15, 0.2) is 11.0 Å². The number of hydrogen-bond donors (Lipinski definition) is 2. The summed E-state index contributed by atoms with van der Waals surface area (Å²) in [7, 11) is 1.56. The molecule has 0 radical (unpaired) electrons. The molecule has 5 atom stereocenters. The molecular formula is C19H34N3O7PS. The molecule has 2 rings (SSSR count). The first-order valence-corrected chi connectivity index (χ1v) is 12.8. The predicted octanol–water partition coefficient (Wildman–Crippen LogP) is 2.14. The van der Waals surface area contributed by atoms with Crippen LogP contribution in [0, 0.1) is 12.8 Å². The van der Waals surface area contributed by atoms with Crippen LogP contribution >= 0.6 is 6.72 Å². The lowest BCUT2D eigenvalue weighted by atomic mass is 10.0. The lowest BCUT2D eigenvalue weighted by Gasteiger charge is -2.29. The van der Waals surface area contributed by atoms with Crippen molar-refractivity contribution in [2.24, 2.45) is 5.92 Å². The molecule has 1 aliphatic heterocycles. The van der Waals surface area contributed by atoms with Crippen molar-refractivity contribution in [3.8, 4) is 0 Å². The maximum absolute atomic E-state index is 12.6. The number of rotatable bonds is 11. The van der Waals surface area contributed by atoms with E-state index in [4.69, 9.17) is 40.8 Å². The van der Waals surface area contributed by atoms with Crippen LogP contribution in [0.2, 0.25) is 0 Å². The third kappa shape index (κ3) is 7.30. The molecule has 1 fully saturated rings. The lowest BCUT2D eigenvalue weighted by molar-refractivity contribution is -0.0795. The Balaban J connectivity index is 2.45. The van der Waals surface area contributed by atoms with Crippen molar-refractivity contribution < 1.29 is 28.2 Å².